The largest absolute Gasteiger partial charge is 0.489 e. The summed E-state index contributed by atoms with van der Waals surface area (Å²) in [7, 11) is 1.86. The summed E-state index contributed by atoms with van der Waals surface area (Å²) in [5.41, 5.74) is 5.00. The number of esters is 1. The molecular formula is C23H26FNO3. The van der Waals surface area contributed by atoms with E-state index in [1.807, 2.05) is 20.0 Å². The van der Waals surface area contributed by atoms with Crippen molar-refractivity contribution in [3.63, 3.8) is 0 Å². The lowest BCUT2D eigenvalue weighted by molar-refractivity contribution is -0.144. The number of benzene rings is 2. The van der Waals surface area contributed by atoms with Gasteiger partial charge in [-0.2, -0.15) is 0 Å². The number of halogens is 1. The number of carbonyl (C=O) groups is 1. The predicted molar refractivity (Wildman–Crippen MR) is 105 cm³/mol. The van der Waals surface area contributed by atoms with Crippen molar-refractivity contribution in [2.75, 3.05) is 13.6 Å². The number of hydrogen-bond acceptors (Lipinski definition) is 4. The minimum atomic E-state index is -0.269. The van der Waals surface area contributed by atoms with Gasteiger partial charge in [0.25, 0.3) is 0 Å². The van der Waals surface area contributed by atoms with Gasteiger partial charge in [-0.25, -0.2) is 4.39 Å². The lowest BCUT2D eigenvalue weighted by Gasteiger charge is -2.31. The van der Waals surface area contributed by atoms with Gasteiger partial charge in [0.1, 0.15) is 24.3 Å². The molecule has 2 aromatic rings. The molecular weight excluding hydrogens is 357 g/mol. The van der Waals surface area contributed by atoms with Gasteiger partial charge >= 0.3 is 5.97 Å². The Balaban J connectivity index is 1.66. The number of hydrogen-bond donors (Lipinski definition) is 1. The van der Waals surface area contributed by atoms with E-state index < -0.39 is 0 Å². The van der Waals surface area contributed by atoms with E-state index in [4.69, 9.17) is 9.47 Å². The lowest BCUT2D eigenvalue weighted by atomic mass is 9.74. The van der Waals surface area contributed by atoms with Crippen LogP contribution in [0.4, 0.5) is 4.39 Å². The highest BCUT2D eigenvalue weighted by molar-refractivity contribution is 5.76. The number of fused-ring (bicyclic) bond motifs is 3. The minimum Gasteiger partial charge on any atom is -0.489 e. The number of ether oxygens (including phenoxy) is 2. The summed E-state index contributed by atoms with van der Waals surface area (Å²) >= 11 is 0. The van der Waals surface area contributed by atoms with Crippen molar-refractivity contribution in [2.24, 2.45) is 11.8 Å². The molecule has 148 valence electrons. The van der Waals surface area contributed by atoms with Gasteiger partial charge in [-0.3, -0.25) is 4.79 Å². The zero-order chi connectivity index (χ0) is 19.8. The quantitative estimate of drug-likeness (QED) is 0.793. The van der Waals surface area contributed by atoms with Crippen LogP contribution < -0.4 is 10.1 Å². The zero-order valence-corrected chi connectivity index (χ0v) is 16.5. The van der Waals surface area contributed by atoms with Crippen molar-refractivity contribution in [1.29, 1.82) is 0 Å². The molecule has 1 saturated heterocycles. The summed E-state index contributed by atoms with van der Waals surface area (Å²) in [4.78, 5) is 12.4. The first-order chi connectivity index (χ1) is 13.5. The Labute approximate surface area is 165 Å². The van der Waals surface area contributed by atoms with Crippen LogP contribution in [0.2, 0.25) is 0 Å². The van der Waals surface area contributed by atoms with Crippen LogP contribution in [0.3, 0.4) is 0 Å². The maximum Gasteiger partial charge on any atom is 0.311 e. The summed E-state index contributed by atoms with van der Waals surface area (Å²) < 4.78 is 25.8. The highest BCUT2D eigenvalue weighted by atomic mass is 19.1. The molecule has 1 heterocycles. The van der Waals surface area contributed by atoms with Crippen molar-refractivity contribution < 1.29 is 18.7 Å². The van der Waals surface area contributed by atoms with Crippen LogP contribution in [0.25, 0.3) is 0 Å². The van der Waals surface area contributed by atoms with Crippen molar-refractivity contribution in [1.82, 2.24) is 5.32 Å². The SMILES string of the molecule is CNCC1C(=O)O[C@H]2c3c(C)c(OCc4ccccc4F)cc(C)c3CCC12. The average Bonchev–Trinajstić information content (AvgIpc) is 3.00. The molecule has 1 fully saturated rings. The maximum absolute atomic E-state index is 13.9. The first-order valence-corrected chi connectivity index (χ1v) is 9.85. The van der Waals surface area contributed by atoms with Gasteiger partial charge in [0.2, 0.25) is 0 Å². The normalized spacial score (nSPS) is 23.1. The molecule has 1 aliphatic heterocycles. The van der Waals surface area contributed by atoms with Crippen LogP contribution in [0.5, 0.6) is 5.75 Å². The van der Waals surface area contributed by atoms with E-state index in [1.54, 1.807) is 18.2 Å². The minimum absolute atomic E-state index is 0.106. The van der Waals surface area contributed by atoms with Gasteiger partial charge in [0.05, 0.1) is 5.92 Å². The molecule has 1 N–H and O–H groups in total. The molecule has 1 aliphatic carbocycles. The van der Waals surface area contributed by atoms with E-state index in [2.05, 4.69) is 12.2 Å². The van der Waals surface area contributed by atoms with Crippen LogP contribution in [-0.4, -0.2) is 19.6 Å². The molecule has 2 aliphatic rings. The highest BCUT2D eigenvalue weighted by Crippen LogP contribution is 2.49. The molecule has 2 aromatic carbocycles. The average molecular weight is 383 g/mol. The second-order valence-corrected chi connectivity index (χ2v) is 7.81. The molecule has 2 unspecified atom stereocenters. The van der Waals surface area contributed by atoms with Gasteiger partial charge in [-0.1, -0.05) is 18.2 Å². The van der Waals surface area contributed by atoms with Crippen molar-refractivity contribution in [2.45, 2.75) is 39.4 Å². The van der Waals surface area contributed by atoms with E-state index in [0.717, 1.165) is 35.3 Å². The molecule has 0 bridgehead atoms. The number of rotatable bonds is 5. The third-order valence-corrected chi connectivity index (χ3v) is 6.15. The summed E-state index contributed by atoms with van der Waals surface area (Å²) in [6.07, 6.45) is 1.67. The monoisotopic (exact) mass is 383 g/mol. The third-order valence-electron chi connectivity index (χ3n) is 6.15. The molecule has 5 heteroatoms. The van der Waals surface area contributed by atoms with Crippen LogP contribution in [0.15, 0.2) is 30.3 Å². The first kappa shape index (κ1) is 18.9. The Morgan fingerprint density at radius 3 is 2.82 bits per heavy atom. The number of carbonyl (C=O) groups excluding carboxylic acids is 1. The van der Waals surface area contributed by atoms with E-state index in [9.17, 15) is 9.18 Å². The van der Waals surface area contributed by atoms with E-state index in [-0.39, 0.29) is 36.3 Å². The van der Waals surface area contributed by atoms with E-state index >= 15 is 0 Å². The van der Waals surface area contributed by atoms with Gasteiger partial charge < -0.3 is 14.8 Å². The second-order valence-electron chi connectivity index (χ2n) is 7.81. The Bertz CT molecular complexity index is 911. The standard InChI is InChI=1S/C23H26FNO3/c1-13-10-20(27-12-15-6-4-5-7-19(15)24)14(2)21-16(13)8-9-17-18(11-25-3)23(26)28-22(17)21/h4-7,10,17-18,22,25H,8-9,11-12H2,1-3H3/t17?,18?,22-/m1/s1. The molecule has 0 radical (unpaired) electrons. The van der Waals surface area contributed by atoms with E-state index in [1.165, 1.54) is 11.6 Å². The third kappa shape index (κ3) is 3.18. The summed E-state index contributed by atoms with van der Waals surface area (Å²) in [6, 6.07) is 8.67. The van der Waals surface area contributed by atoms with Gasteiger partial charge in [0, 0.05) is 23.6 Å². The topological polar surface area (TPSA) is 47.6 Å². The Morgan fingerprint density at radius 2 is 2.07 bits per heavy atom. The maximum atomic E-state index is 13.9. The van der Waals surface area contributed by atoms with Crippen molar-refractivity contribution >= 4 is 5.97 Å². The Morgan fingerprint density at radius 1 is 1.29 bits per heavy atom. The first-order valence-electron chi connectivity index (χ1n) is 9.85. The lowest BCUT2D eigenvalue weighted by Crippen LogP contribution is -2.30. The fourth-order valence-electron chi connectivity index (χ4n) is 4.68. The fraction of sp³-hybridized carbons (Fsp3) is 0.435. The summed E-state index contributed by atoms with van der Waals surface area (Å²) in [5.74, 6) is 0.424. The van der Waals surface area contributed by atoms with Crippen molar-refractivity contribution in [3.8, 4) is 5.75 Å². The molecule has 0 aromatic heterocycles. The van der Waals surface area contributed by atoms with Crippen LogP contribution >= 0.6 is 0 Å². The Kier molecular flexibility index (Phi) is 5.11. The van der Waals surface area contributed by atoms with Crippen LogP contribution in [-0.2, 0) is 22.6 Å². The number of aryl methyl sites for hydroxylation is 1. The zero-order valence-electron chi connectivity index (χ0n) is 16.5. The van der Waals surface area contributed by atoms with Gasteiger partial charge in [-0.15, -0.1) is 0 Å². The molecule has 4 rings (SSSR count). The molecule has 0 amide bonds. The fourth-order valence-corrected chi connectivity index (χ4v) is 4.68. The van der Waals surface area contributed by atoms with Crippen molar-refractivity contribution in [3.05, 3.63) is 64.0 Å². The molecule has 0 spiro atoms. The van der Waals surface area contributed by atoms with E-state index in [0.29, 0.717) is 12.1 Å². The second kappa shape index (κ2) is 7.55. The predicted octanol–water partition coefficient (Wildman–Crippen LogP) is 4.02. The number of nitrogens with one attached hydrogen (secondary N) is 1. The molecule has 4 nitrogen and oxygen atoms in total. The van der Waals surface area contributed by atoms with Crippen LogP contribution in [0, 0.1) is 31.5 Å². The van der Waals surface area contributed by atoms with Crippen LogP contribution in [0.1, 0.15) is 40.3 Å². The summed E-state index contributed by atoms with van der Waals surface area (Å²) in [6.45, 7) is 4.88. The van der Waals surface area contributed by atoms with Gasteiger partial charge in [0.15, 0.2) is 0 Å². The summed E-state index contributed by atoms with van der Waals surface area (Å²) in [5, 5.41) is 3.12. The molecule has 0 saturated carbocycles. The Hall–Kier alpha value is -2.40. The smallest absolute Gasteiger partial charge is 0.311 e. The highest BCUT2D eigenvalue weighted by Gasteiger charge is 2.48. The molecule has 3 atom stereocenters. The molecule has 28 heavy (non-hydrogen) atoms. The van der Waals surface area contributed by atoms with Gasteiger partial charge in [-0.05, 0) is 62.6 Å².